The molecule has 2 atom stereocenters. The third-order valence-corrected chi connectivity index (χ3v) is 6.37. The molecular formula is C12H20N4O3S2. The van der Waals surface area contributed by atoms with Crippen LogP contribution in [0.5, 0.6) is 0 Å². The predicted molar refractivity (Wildman–Crippen MR) is 81.0 cm³/mol. The van der Waals surface area contributed by atoms with Crippen molar-refractivity contribution in [2.24, 2.45) is 7.05 Å². The highest BCUT2D eigenvalue weighted by Crippen LogP contribution is 2.30. The van der Waals surface area contributed by atoms with Crippen molar-refractivity contribution in [3.63, 3.8) is 0 Å². The zero-order chi connectivity index (χ0) is 15.6. The van der Waals surface area contributed by atoms with Gasteiger partial charge in [0.1, 0.15) is 5.82 Å². The Labute approximate surface area is 128 Å². The van der Waals surface area contributed by atoms with Gasteiger partial charge in [-0.2, -0.15) is 0 Å². The van der Waals surface area contributed by atoms with E-state index in [9.17, 15) is 13.2 Å². The molecule has 9 heteroatoms. The Morgan fingerprint density at radius 2 is 2.24 bits per heavy atom. The Morgan fingerprint density at radius 3 is 2.81 bits per heavy atom. The maximum Gasteiger partial charge on any atom is 0.233 e. The smallest absolute Gasteiger partial charge is 0.233 e. The lowest BCUT2D eigenvalue weighted by Gasteiger charge is -2.11. The van der Waals surface area contributed by atoms with Gasteiger partial charge in [0.15, 0.2) is 15.0 Å². The van der Waals surface area contributed by atoms with Gasteiger partial charge >= 0.3 is 0 Å². The average Bonchev–Trinajstić information content (AvgIpc) is 2.93. The Morgan fingerprint density at radius 1 is 1.52 bits per heavy atom. The summed E-state index contributed by atoms with van der Waals surface area (Å²) in [6.45, 7) is 4.27. The van der Waals surface area contributed by atoms with E-state index in [4.69, 9.17) is 0 Å². The van der Waals surface area contributed by atoms with Crippen molar-refractivity contribution in [3.05, 3.63) is 5.82 Å². The predicted octanol–water partition coefficient (Wildman–Crippen LogP) is 0.334. The lowest BCUT2D eigenvalue weighted by atomic mass is 10.1. The van der Waals surface area contributed by atoms with E-state index in [0.717, 1.165) is 0 Å². The molecule has 118 valence electrons. The average molecular weight is 332 g/mol. The van der Waals surface area contributed by atoms with Crippen molar-refractivity contribution in [2.75, 3.05) is 18.1 Å². The fraction of sp³-hybridized carbons (Fsp3) is 0.750. The maximum atomic E-state index is 11.7. The Balaban J connectivity index is 2.09. The summed E-state index contributed by atoms with van der Waals surface area (Å²) in [6.07, 6.45) is 0.588. The highest BCUT2D eigenvalue weighted by molar-refractivity contribution is 8.00. The van der Waals surface area contributed by atoms with Crippen LogP contribution < -0.4 is 5.32 Å². The number of sulfone groups is 1. The molecule has 1 amide bonds. The summed E-state index contributed by atoms with van der Waals surface area (Å²) in [4.78, 5) is 11.7. The van der Waals surface area contributed by atoms with E-state index in [1.807, 2.05) is 20.9 Å². The van der Waals surface area contributed by atoms with E-state index in [-0.39, 0.29) is 28.6 Å². The SMILES string of the molecule is CCNC(=O)[C@@H](C)Sc1nnc([C@H]2CCS(=O)(=O)C2)n1C. The first kappa shape index (κ1) is 16.3. The number of nitrogens with one attached hydrogen (secondary N) is 1. The largest absolute Gasteiger partial charge is 0.355 e. The minimum absolute atomic E-state index is 0.0458. The first-order valence-electron chi connectivity index (χ1n) is 6.88. The summed E-state index contributed by atoms with van der Waals surface area (Å²) in [6, 6.07) is 0. The van der Waals surface area contributed by atoms with Gasteiger partial charge in [-0.05, 0) is 20.3 Å². The zero-order valence-corrected chi connectivity index (χ0v) is 14.0. The fourth-order valence-electron chi connectivity index (χ4n) is 2.31. The highest BCUT2D eigenvalue weighted by atomic mass is 32.2. The second-order valence-corrected chi connectivity index (χ2v) is 8.69. The summed E-state index contributed by atoms with van der Waals surface area (Å²) in [5, 5.41) is 11.3. The van der Waals surface area contributed by atoms with Crippen LogP contribution in [0.3, 0.4) is 0 Å². The molecule has 0 aromatic carbocycles. The second-order valence-electron chi connectivity index (χ2n) is 5.15. The summed E-state index contributed by atoms with van der Waals surface area (Å²) in [5.41, 5.74) is 0. The van der Waals surface area contributed by atoms with Crippen molar-refractivity contribution in [1.29, 1.82) is 0 Å². The number of hydrogen-bond donors (Lipinski definition) is 1. The summed E-state index contributed by atoms with van der Waals surface area (Å²) in [7, 11) is -1.13. The van der Waals surface area contributed by atoms with E-state index in [0.29, 0.717) is 23.9 Å². The third kappa shape index (κ3) is 3.76. The van der Waals surface area contributed by atoms with E-state index in [1.165, 1.54) is 11.8 Å². The molecular weight excluding hydrogens is 312 g/mol. The van der Waals surface area contributed by atoms with Crippen LogP contribution in [0.25, 0.3) is 0 Å². The highest BCUT2D eigenvalue weighted by Gasteiger charge is 2.32. The van der Waals surface area contributed by atoms with Crippen LogP contribution in [0.4, 0.5) is 0 Å². The van der Waals surface area contributed by atoms with E-state index in [2.05, 4.69) is 15.5 Å². The number of rotatable bonds is 5. The molecule has 1 aliphatic heterocycles. The minimum Gasteiger partial charge on any atom is -0.355 e. The Bertz CT molecular complexity index is 626. The fourth-order valence-corrected chi connectivity index (χ4v) is 4.90. The molecule has 0 unspecified atom stereocenters. The van der Waals surface area contributed by atoms with Gasteiger partial charge < -0.3 is 9.88 Å². The maximum absolute atomic E-state index is 11.7. The van der Waals surface area contributed by atoms with Crippen LogP contribution in [-0.4, -0.2) is 52.4 Å². The molecule has 21 heavy (non-hydrogen) atoms. The molecule has 0 aliphatic carbocycles. The molecule has 0 saturated carbocycles. The van der Waals surface area contributed by atoms with Gasteiger partial charge in [0.2, 0.25) is 5.91 Å². The number of amides is 1. The summed E-state index contributed by atoms with van der Waals surface area (Å²) >= 11 is 1.33. The van der Waals surface area contributed by atoms with Crippen molar-refractivity contribution < 1.29 is 13.2 Å². The van der Waals surface area contributed by atoms with Gasteiger partial charge in [-0.25, -0.2) is 8.42 Å². The zero-order valence-electron chi connectivity index (χ0n) is 12.4. The monoisotopic (exact) mass is 332 g/mol. The van der Waals surface area contributed by atoms with Crippen molar-refractivity contribution in [2.45, 2.75) is 36.6 Å². The summed E-state index contributed by atoms with van der Waals surface area (Å²) in [5.74, 6) is 0.886. The van der Waals surface area contributed by atoms with E-state index >= 15 is 0 Å². The molecule has 0 spiro atoms. The molecule has 0 bridgehead atoms. The van der Waals surface area contributed by atoms with Crippen LogP contribution in [-0.2, 0) is 21.7 Å². The van der Waals surface area contributed by atoms with Gasteiger partial charge in [0, 0.05) is 19.5 Å². The first-order chi connectivity index (χ1) is 9.84. The Kier molecular flexibility index (Phi) is 4.92. The van der Waals surface area contributed by atoms with Gasteiger partial charge in [0.25, 0.3) is 0 Å². The number of hydrogen-bond acceptors (Lipinski definition) is 6. The molecule has 7 nitrogen and oxygen atoms in total. The topological polar surface area (TPSA) is 94.0 Å². The van der Waals surface area contributed by atoms with Crippen molar-refractivity contribution in [1.82, 2.24) is 20.1 Å². The van der Waals surface area contributed by atoms with Gasteiger partial charge in [-0.15, -0.1) is 10.2 Å². The molecule has 0 radical (unpaired) electrons. The molecule has 1 saturated heterocycles. The Hall–Kier alpha value is -1.09. The van der Waals surface area contributed by atoms with Gasteiger partial charge in [-0.1, -0.05) is 11.8 Å². The standard InChI is InChI=1S/C12H20N4O3S2/c1-4-13-11(17)8(2)20-12-15-14-10(16(12)3)9-5-6-21(18,19)7-9/h8-9H,4-7H2,1-3H3,(H,13,17)/t8-,9+/m1/s1. The summed E-state index contributed by atoms with van der Waals surface area (Å²) < 4.78 is 24.9. The lowest BCUT2D eigenvalue weighted by Crippen LogP contribution is -2.30. The van der Waals surface area contributed by atoms with E-state index in [1.54, 1.807) is 4.57 Å². The number of aromatic nitrogens is 3. The van der Waals surface area contributed by atoms with Crippen LogP contribution in [0, 0.1) is 0 Å². The number of nitrogens with zero attached hydrogens (tertiary/aromatic N) is 3. The van der Waals surface area contributed by atoms with Crippen LogP contribution in [0.1, 0.15) is 32.0 Å². The van der Waals surface area contributed by atoms with Gasteiger partial charge in [0.05, 0.1) is 16.8 Å². The molecule has 2 rings (SSSR count). The minimum atomic E-state index is -2.95. The number of carbonyl (C=O) groups is 1. The van der Waals surface area contributed by atoms with Crippen LogP contribution in [0.15, 0.2) is 5.16 Å². The normalized spacial score (nSPS) is 22.1. The molecule has 2 heterocycles. The molecule has 1 aliphatic rings. The first-order valence-corrected chi connectivity index (χ1v) is 9.58. The number of thioether (sulfide) groups is 1. The van der Waals surface area contributed by atoms with Crippen molar-refractivity contribution >= 4 is 27.5 Å². The lowest BCUT2D eigenvalue weighted by molar-refractivity contribution is -0.120. The molecule has 1 N–H and O–H groups in total. The van der Waals surface area contributed by atoms with Gasteiger partial charge in [-0.3, -0.25) is 4.79 Å². The molecule has 1 aromatic heterocycles. The second kappa shape index (κ2) is 6.35. The number of carbonyl (C=O) groups excluding carboxylic acids is 1. The third-order valence-electron chi connectivity index (χ3n) is 3.47. The quantitative estimate of drug-likeness (QED) is 0.781. The molecule has 1 fully saturated rings. The van der Waals surface area contributed by atoms with Crippen LogP contribution >= 0.6 is 11.8 Å². The van der Waals surface area contributed by atoms with Crippen LogP contribution in [0.2, 0.25) is 0 Å². The molecule has 1 aromatic rings. The van der Waals surface area contributed by atoms with E-state index < -0.39 is 9.84 Å². The van der Waals surface area contributed by atoms with Crippen molar-refractivity contribution in [3.8, 4) is 0 Å².